The molecule has 1 saturated carbocycles. The molecule has 0 saturated heterocycles. The van der Waals surface area contributed by atoms with Crippen molar-refractivity contribution in [3.63, 3.8) is 0 Å². The summed E-state index contributed by atoms with van der Waals surface area (Å²) in [6.07, 6.45) is 2.93. The molecule has 1 aromatic rings. The number of aliphatic carboxylic acids is 1. The molecule has 0 radical (unpaired) electrons. The predicted octanol–water partition coefficient (Wildman–Crippen LogP) is 3.35. The molecule has 1 aromatic carbocycles. The molecular weight excluding hydrogens is 272 g/mol. The number of carboxylic acids is 1. The van der Waals surface area contributed by atoms with Crippen molar-refractivity contribution in [2.24, 2.45) is 5.92 Å². The molecule has 2 atom stereocenters. The Morgan fingerprint density at radius 3 is 2.76 bits per heavy atom. The first-order valence-corrected chi connectivity index (χ1v) is 7.10. The Bertz CT molecular complexity index is 573. The fourth-order valence-corrected chi connectivity index (χ4v) is 3.13. The molecule has 0 aliphatic heterocycles. The largest absolute Gasteiger partial charge is 0.480 e. The normalized spacial score (nSPS) is 25.3. The number of hydrogen-bond acceptors (Lipinski definition) is 4. The van der Waals surface area contributed by atoms with Gasteiger partial charge in [-0.05, 0) is 37.3 Å². The van der Waals surface area contributed by atoms with E-state index < -0.39 is 16.4 Å². The monoisotopic (exact) mass is 292 g/mol. The number of nitro benzene ring substituents is 1. The van der Waals surface area contributed by atoms with Crippen LogP contribution < -0.4 is 5.32 Å². The zero-order valence-corrected chi connectivity index (χ0v) is 12.3. The number of anilines is 1. The van der Waals surface area contributed by atoms with Crippen LogP contribution >= 0.6 is 0 Å². The second-order valence-corrected chi connectivity index (χ2v) is 6.03. The minimum Gasteiger partial charge on any atom is -0.480 e. The lowest BCUT2D eigenvalue weighted by atomic mass is 9.76. The Labute approximate surface area is 123 Å². The molecular formula is C15H20N2O4. The molecule has 1 fully saturated rings. The summed E-state index contributed by atoms with van der Waals surface area (Å²) in [6, 6.07) is 4.62. The van der Waals surface area contributed by atoms with Crippen molar-refractivity contribution in [3.8, 4) is 0 Å². The van der Waals surface area contributed by atoms with Gasteiger partial charge in [0, 0.05) is 17.8 Å². The summed E-state index contributed by atoms with van der Waals surface area (Å²) in [5.74, 6) is -0.569. The highest BCUT2D eigenvalue weighted by atomic mass is 16.6. The molecule has 21 heavy (non-hydrogen) atoms. The van der Waals surface area contributed by atoms with Gasteiger partial charge in [-0.3, -0.25) is 10.1 Å². The van der Waals surface area contributed by atoms with Crippen LogP contribution in [-0.2, 0) is 4.79 Å². The van der Waals surface area contributed by atoms with Gasteiger partial charge in [0.15, 0.2) is 0 Å². The first-order chi connectivity index (χ1) is 9.82. The van der Waals surface area contributed by atoms with E-state index in [2.05, 4.69) is 5.32 Å². The number of carboxylic acid groups (broad SMARTS) is 1. The average Bonchev–Trinajstić information content (AvgIpc) is 2.37. The van der Waals surface area contributed by atoms with Crippen LogP contribution in [0.15, 0.2) is 18.2 Å². The van der Waals surface area contributed by atoms with Crippen molar-refractivity contribution >= 4 is 17.3 Å². The highest BCUT2D eigenvalue weighted by Crippen LogP contribution is 2.36. The lowest BCUT2D eigenvalue weighted by molar-refractivity contribution is -0.384. The third-order valence-electron chi connectivity index (χ3n) is 4.06. The summed E-state index contributed by atoms with van der Waals surface area (Å²) in [4.78, 5) is 22.2. The Morgan fingerprint density at radius 1 is 1.48 bits per heavy atom. The number of aryl methyl sites for hydroxylation is 1. The van der Waals surface area contributed by atoms with Crippen LogP contribution in [0.1, 0.15) is 38.2 Å². The van der Waals surface area contributed by atoms with Crippen LogP contribution in [0, 0.1) is 23.0 Å². The van der Waals surface area contributed by atoms with Gasteiger partial charge in [0.25, 0.3) is 5.69 Å². The van der Waals surface area contributed by atoms with Gasteiger partial charge in [0.2, 0.25) is 0 Å². The number of nitrogens with one attached hydrogen (secondary N) is 1. The molecule has 0 amide bonds. The van der Waals surface area contributed by atoms with E-state index >= 15 is 0 Å². The summed E-state index contributed by atoms with van der Waals surface area (Å²) in [5.41, 5.74) is 0.176. The molecule has 1 aliphatic rings. The maximum Gasteiger partial charge on any atom is 0.329 e. The van der Waals surface area contributed by atoms with Crippen LogP contribution in [0.5, 0.6) is 0 Å². The average molecular weight is 292 g/mol. The second kappa shape index (κ2) is 5.71. The third-order valence-corrected chi connectivity index (χ3v) is 4.06. The number of hydrogen-bond donors (Lipinski definition) is 2. The molecule has 6 nitrogen and oxygen atoms in total. The van der Waals surface area contributed by atoms with E-state index in [0.29, 0.717) is 24.4 Å². The first-order valence-electron chi connectivity index (χ1n) is 7.10. The van der Waals surface area contributed by atoms with Crippen molar-refractivity contribution in [3.05, 3.63) is 33.9 Å². The molecule has 0 aromatic heterocycles. The lowest BCUT2D eigenvalue weighted by Gasteiger charge is -2.37. The van der Waals surface area contributed by atoms with Gasteiger partial charge in [-0.25, -0.2) is 4.79 Å². The molecule has 2 N–H and O–H groups in total. The number of rotatable bonds is 4. The van der Waals surface area contributed by atoms with Crippen molar-refractivity contribution < 1.29 is 14.8 Å². The van der Waals surface area contributed by atoms with Gasteiger partial charge in [0.1, 0.15) is 5.54 Å². The fraction of sp³-hybridized carbons (Fsp3) is 0.533. The van der Waals surface area contributed by atoms with Gasteiger partial charge in [-0.2, -0.15) is 0 Å². The highest BCUT2D eigenvalue weighted by molar-refractivity contribution is 5.83. The maximum absolute atomic E-state index is 11.7. The van der Waals surface area contributed by atoms with E-state index in [4.69, 9.17) is 0 Å². The highest BCUT2D eigenvalue weighted by Gasteiger charge is 2.42. The van der Waals surface area contributed by atoms with E-state index in [0.717, 1.165) is 18.4 Å². The predicted molar refractivity (Wildman–Crippen MR) is 79.5 cm³/mol. The van der Waals surface area contributed by atoms with E-state index in [1.165, 1.54) is 12.1 Å². The van der Waals surface area contributed by atoms with Crippen LogP contribution in [0.4, 0.5) is 11.4 Å². The van der Waals surface area contributed by atoms with E-state index in [9.17, 15) is 20.0 Å². The Morgan fingerprint density at radius 2 is 2.19 bits per heavy atom. The van der Waals surface area contributed by atoms with Crippen molar-refractivity contribution in [2.45, 2.75) is 45.1 Å². The molecule has 0 heterocycles. The molecule has 0 spiro atoms. The van der Waals surface area contributed by atoms with Gasteiger partial charge in [0.05, 0.1) is 4.92 Å². The maximum atomic E-state index is 11.7. The van der Waals surface area contributed by atoms with Crippen LogP contribution in [0.2, 0.25) is 0 Å². The third kappa shape index (κ3) is 3.32. The van der Waals surface area contributed by atoms with Crippen molar-refractivity contribution in [1.82, 2.24) is 0 Å². The summed E-state index contributed by atoms with van der Waals surface area (Å²) < 4.78 is 0. The van der Waals surface area contributed by atoms with Gasteiger partial charge in [-0.15, -0.1) is 0 Å². The van der Waals surface area contributed by atoms with E-state index in [1.54, 1.807) is 13.0 Å². The number of benzene rings is 1. The molecule has 2 unspecified atom stereocenters. The minimum absolute atomic E-state index is 0.0260. The van der Waals surface area contributed by atoms with E-state index in [-0.39, 0.29) is 5.69 Å². The number of nitrogens with zero attached hydrogens (tertiary/aromatic N) is 1. The summed E-state index contributed by atoms with van der Waals surface area (Å²) in [5, 5.41) is 23.6. The number of carbonyl (C=O) groups is 1. The van der Waals surface area contributed by atoms with Crippen LogP contribution in [0.25, 0.3) is 0 Å². The zero-order valence-electron chi connectivity index (χ0n) is 12.3. The lowest BCUT2D eigenvalue weighted by Crippen LogP contribution is -2.49. The molecule has 1 aliphatic carbocycles. The van der Waals surface area contributed by atoms with Crippen LogP contribution in [0.3, 0.4) is 0 Å². The van der Waals surface area contributed by atoms with Crippen molar-refractivity contribution in [2.75, 3.05) is 5.32 Å². The fourth-order valence-electron chi connectivity index (χ4n) is 3.13. The standard InChI is InChI=1S/C15H20N2O4/c1-10-4-3-5-15(9-10,14(18)19)16-12-6-11(2)7-13(8-12)17(20)21/h6-8,10,16H,3-5,9H2,1-2H3,(H,18,19). The second-order valence-electron chi connectivity index (χ2n) is 6.03. The van der Waals surface area contributed by atoms with Gasteiger partial charge in [-0.1, -0.05) is 19.8 Å². The topological polar surface area (TPSA) is 92.5 Å². The molecule has 6 heteroatoms. The smallest absolute Gasteiger partial charge is 0.329 e. The molecule has 0 bridgehead atoms. The van der Waals surface area contributed by atoms with Gasteiger partial charge >= 0.3 is 5.97 Å². The van der Waals surface area contributed by atoms with Crippen molar-refractivity contribution in [1.29, 1.82) is 0 Å². The minimum atomic E-state index is -1.03. The first kappa shape index (κ1) is 15.3. The summed E-state index contributed by atoms with van der Waals surface area (Å²) in [6.45, 7) is 3.80. The van der Waals surface area contributed by atoms with E-state index in [1.807, 2.05) is 6.92 Å². The van der Waals surface area contributed by atoms with Crippen LogP contribution in [-0.4, -0.2) is 21.5 Å². The van der Waals surface area contributed by atoms with Gasteiger partial charge < -0.3 is 10.4 Å². The Kier molecular flexibility index (Phi) is 4.16. The quantitative estimate of drug-likeness (QED) is 0.655. The molecule has 2 rings (SSSR count). The molecule has 114 valence electrons. The summed E-state index contributed by atoms with van der Waals surface area (Å²) >= 11 is 0. The zero-order chi connectivity index (χ0) is 15.6. The number of nitro groups is 1. The SMILES string of the molecule is Cc1cc(NC2(C(=O)O)CCCC(C)C2)cc([N+](=O)[O-])c1. The Balaban J connectivity index is 2.33. The summed E-state index contributed by atoms with van der Waals surface area (Å²) in [7, 11) is 0. The Hall–Kier alpha value is -2.11. The number of non-ortho nitro benzene ring substituents is 1.